The number of hydrazone groups is 1. The minimum atomic E-state index is -0.167. The average molecular weight is 324 g/mol. The summed E-state index contributed by atoms with van der Waals surface area (Å²) in [5, 5.41) is 6.09. The van der Waals surface area contributed by atoms with Gasteiger partial charge in [0.15, 0.2) is 0 Å². The van der Waals surface area contributed by atoms with E-state index in [1.165, 1.54) is 11.9 Å². The Morgan fingerprint density at radius 2 is 1.92 bits per heavy atom. The maximum absolute atomic E-state index is 12.1. The number of hydrogen-bond acceptors (Lipinski definition) is 4. The highest BCUT2D eigenvalue weighted by molar-refractivity contribution is 6.03. The van der Waals surface area contributed by atoms with E-state index in [0.29, 0.717) is 6.42 Å². The fourth-order valence-electron chi connectivity index (χ4n) is 2.96. The van der Waals surface area contributed by atoms with Gasteiger partial charge < -0.3 is 9.47 Å². The van der Waals surface area contributed by atoms with Crippen molar-refractivity contribution >= 4 is 11.6 Å². The van der Waals surface area contributed by atoms with Crippen LogP contribution in [-0.4, -0.2) is 30.8 Å². The molecule has 0 aliphatic carbocycles. The van der Waals surface area contributed by atoms with Crippen molar-refractivity contribution in [2.75, 3.05) is 14.2 Å². The molecule has 5 heteroatoms. The first kappa shape index (κ1) is 16.1. The van der Waals surface area contributed by atoms with Crippen molar-refractivity contribution in [1.82, 2.24) is 5.01 Å². The molecule has 124 valence electrons. The zero-order valence-electron chi connectivity index (χ0n) is 14.0. The standard InChI is InChI=1S/C19H20N2O3/c1-13(22)21-18(16-9-4-5-10-19(16)24-3)12-17(20-21)14-7-6-8-15(11-14)23-2/h4-11,18H,12H2,1-3H3/t18-/m1/s1. The topological polar surface area (TPSA) is 51.1 Å². The van der Waals surface area contributed by atoms with Crippen molar-refractivity contribution in [3.63, 3.8) is 0 Å². The molecular weight excluding hydrogens is 304 g/mol. The third kappa shape index (κ3) is 2.97. The number of carbonyl (C=O) groups is 1. The molecule has 0 saturated heterocycles. The summed E-state index contributed by atoms with van der Waals surface area (Å²) in [7, 11) is 3.27. The van der Waals surface area contributed by atoms with E-state index in [4.69, 9.17) is 9.47 Å². The van der Waals surface area contributed by atoms with E-state index in [2.05, 4.69) is 5.10 Å². The molecular formula is C19H20N2O3. The molecule has 1 aliphatic rings. The van der Waals surface area contributed by atoms with Crippen molar-refractivity contribution in [3.05, 3.63) is 59.7 Å². The molecule has 5 nitrogen and oxygen atoms in total. The van der Waals surface area contributed by atoms with Crippen LogP contribution >= 0.6 is 0 Å². The molecule has 0 unspecified atom stereocenters. The Balaban J connectivity index is 1.98. The molecule has 1 amide bonds. The highest BCUT2D eigenvalue weighted by atomic mass is 16.5. The monoisotopic (exact) mass is 324 g/mol. The van der Waals surface area contributed by atoms with E-state index in [1.807, 2.05) is 48.5 Å². The summed E-state index contributed by atoms with van der Waals surface area (Å²) in [6.07, 6.45) is 0.632. The van der Waals surface area contributed by atoms with Crippen LogP contribution < -0.4 is 9.47 Å². The van der Waals surface area contributed by atoms with Crippen LogP contribution in [0.4, 0.5) is 0 Å². The highest BCUT2D eigenvalue weighted by Crippen LogP contribution is 2.37. The van der Waals surface area contributed by atoms with Gasteiger partial charge in [-0.15, -0.1) is 0 Å². The summed E-state index contributed by atoms with van der Waals surface area (Å²) in [4.78, 5) is 12.1. The van der Waals surface area contributed by atoms with Gasteiger partial charge in [0.25, 0.3) is 0 Å². The normalized spacial score (nSPS) is 16.7. The molecule has 1 atom stereocenters. The van der Waals surface area contributed by atoms with Gasteiger partial charge in [0.2, 0.25) is 5.91 Å². The third-order valence-electron chi connectivity index (χ3n) is 4.13. The lowest BCUT2D eigenvalue weighted by atomic mass is 9.97. The van der Waals surface area contributed by atoms with Gasteiger partial charge in [-0.05, 0) is 18.2 Å². The summed E-state index contributed by atoms with van der Waals surface area (Å²) < 4.78 is 10.7. The second-order valence-electron chi connectivity index (χ2n) is 5.60. The minimum absolute atomic E-state index is 0.0937. The molecule has 3 rings (SSSR count). The fourth-order valence-corrected chi connectivity index (χ4v) is 2.96. The summed E-state index contributed by atoms with van der Waals surface area (Å²) in [5.74, 6) is 1.44. The molecule has 0 fully saturated rings. The Bertz CT molecular complexity index is 786. The maximum atomic E-state index is 12.1. The maximum Gasteiger partial charge on any atom is 0.240 e. The molecule has 0 aromatic heterocycles. The lowest BCUT2D eigenvalue weighted by Crippen LogP contribution is -2.24. The van der Waals surface area contributed by atoms with Crippen molar-refractivity contribution in [1.29, 1.82) is 0 Å². The number of nitrogens with zero attached hydrogens (tertiary/aromatic N) is 2. The predicted octanol–water partition coefficient (Wildman–Crippen LogP) is 3.40. The van der Waals surface area contributed by atoms with Gasteiger partial charge in [-0.25, -0.2) is 5.01 Å². The molecule has 0 spiro atoms. The van der Waals surface area contributed by atoms with E-state index >= 15 is 0 Å². The molecule has 1 heterocycles. The second kappa shape index (κ2) is 6.74. The largest absolute Gasteiger partial charge is 0.497 e. The smallest absolute Gasteiger partial charge is 0.240 e. The summed E-state index contributed by atoms with van der Waals surface area (Å²) in [6, 6.07) is 15.3. The Morgan fingerprint density at radius 3 is 2.62 bits per heavy atom. The van der Waals surface area contributed by atoms with Crippen LogP contribution in [0.3, 0.4) is 0 Å². The first-order chi connectivity index (χ1) is 11.6. The summed E-state index contributed by atoms with van der Waals surface area (Å²) >= 11 is 0. The van der Waals surface area contributed by atoms with Crippen LogP contribution in [0.15, 0.2) is 53.6 Å². The van der Waals surface area contributed by atoms with Gasteiger partial charge in [-0.2, -0.15) is 5.10 Å². The molecule has 1 aliphatic heterocycles. The third-order valence-corrected chi connectivity index (χ3v) is 4.13. The fraction of sp³-hybridized carbons (Fsp3) is 0.263. The first-order valence-corrected chi connectivity index (χ1v) is 7.78. The number of methoxy groups -OCH3 is 2. The van der Waals surface area contributed by atoms with Gasteiger partial charge in [0, 0.05) is 24.5 Å². The number of para-hydroxylation sites is 1. The van der Waals surface area contributed by atoms with Gasteiger partial charge in [0.1, 0.15) is 11.5 Å². The highest BCUT2D eigenvalue weighted by Gasteiger charge is 2.33. The van der Waals surface area contributed by atoms with E-state index in [-0.39, 0.29) is 11.9 Å². The Labute approximate surface area is 141 Å². The van der Waals surface area contributed by atoms with Crippen molar-refractivity contribution in [2.45, 2.75) is 19.4 Å². The Kier molecular flexibility index (Phi) is 4.51. The number of hydrogen-bond donors (Lipinski definition) is 0. The minimum Gasteiger partial charge on any atom is -0.497 e. The second-order valence-corrected chi connectivity index (χ2v) is 5.60. The molecule has 2 aromatic rings. The lowest BCUT2D eigenvalue weighted by Gasteiger charge is -2.22. The van der Waals surface area contributed by atoms with E-state index in [0.717, 1.165) is 28.3 Å². The van der Waals surface area contributed by atoms with Crippen LogP contribution in [-0.2, 0) is 4.79 Å². The van der Waals surface area contributed by atoms with Gasteiger partial charge >= 0.3 is 0 Å². The summed E-state index contributed by atoms with van der Waals surface area (Å²) in [6.45, 7) is 1.53. The van der Waals surface area contributed by atoms with Crippen molar-refractivity contribution < 1.29 is 14.3 Å². The Hall–Kier alpha value is -2.82. The van der Waals surface area contributed by atoms with Gasteiger partial charge in [0.05, 0.1) is 26.0 Å². The lowest BCUT2D eigenvalue weighted by molar-refractivity contribution is -0.130. The quantitative estimate of drug-likeness (QED) is 0.866. The van der Waals surface area contributed by atoms with Crippen molar-refractivity contribution in [2.24, 2.45) is 5.10 Å². The van der Waals surface area contributed by atoms with E-state index < -0.39 is 0 Å². The summed E-state index contributed by atoms with van der Waals surface area (Å²) in [5.41, 5.74) is 2.77. The molecule has 2 aromatic carbocycles. The zero-order valence-corrected chi connectivity index (χ0v) is 14.0. The first-order valence-electron chi connectivity index (χ1n) is 7.78. The molecule has 0 N–H and O–H groups in total. The van der Waals surface area contributed by atoms with Crippen molar-refractivity contribution in [3.8, 4) is 11.5 Å². The number of carbonyl (C=O) groups excluding carboxylic acids is 1. The molecule has 0 bridgehead atoms. The van der Waals surface area contributed by atoms with Crippen LogP contribution in [0, 0.1) is 0 Å². The number of amides is 1. The van der Waals surface area contributed by atoms with Crippen LogP contribution in [0.5, 0.6) is 11.5 Å². The number of ether oxygens (including phenoxy) is 2. The SMILES string of the molecule is COc1cccc(C2=NN(C(C)=O)[C@@H](c3ccccc3OC)C2)c1. The van der Waals surface area contributed by atoms with Crippen LogP contribution in [0.1, 0.15) is 30.5 Å². The van der Waals surface area contributed by atoms with Gasteiger partial charge in [-0.3, -0.25) is 4.79 Å². The van der Waals surface area contributed by atoms with Crippen LogP contribution in [0.25, 0.3) is 0 Å². The number of benzene rings is 2. The molecule has 0 radical (unpaired) electrons. The number of rotatable bonds is 4. The van der Waals surface area contributed by atoms with E-state index in [1.54, 1.807) is 14.2 Å². The average Bonchev–Trinajstić information content (AvgIpc) is 3.07. The molecule has 0 saturated carbocycles. The predicted molar refractivity (Wildman–Crippen MR) is 92.4 cm³/mol. The van der Waals surface area contributed by atoms with Gasteiger partial charge in [-0.1, -0.05) is 30.3 Å². The molecule has 24 heavy (non-hydrogen) atoms. The zero-order chi connectivity index (χ0) is 17.1. The van der Waals surface area contributed by atoms with Crippen LogP contribution in [0.2, 0.25) is 0 Å². The van der Waals surface area contributed by atoms with E-state index in [9.17, 15) is 4.79 Å². The Morgan fingerprint density at radius 1 is 1.12 bits per heavy atom.